The van der Waals surface area contributed by atoms with Gasteiger partial charge in [0.1, 0.15) is 5.75 Å². The molecule has 1 aromatic rings. The summed E-state index contributed by atoms with van der Waals surface area (Å²) in [6.07, 6.45) is 3.20. The normalized spacial score (nSPS) is 20.3. The number of likely N-dealkylation sites (tertiary alicyclic amines) is 1. The van der Waals surface area contributed by atoms with E-state index in [9.17, 15) is 0 Å². The average Bonchev–Trinajstić information content (AvgIpc) is 2.81. The number of alkyl halides is 1. The van der Waals surface area contributed by atoms with Crippen LogP contribution in [0.25, 0.3) is 0 Å². The van der Waals surface area contributed by atoms with Crippen molar-refractivity contribution < 1.29 is 4.74 Å². The summed E-state index contributed by atoms with van der Waals surface area (Å²) in [6.45, 7) is 7.42. The van der Waals surface area contributed by atoms with Crippen molar-refractivity contribution in [1.29, 1.82) is 0 Å². The second-order valence-corrected chi connectivity index (χ2v) is 5.74. The molecule has 1 aromatic heterocycles. The third-order valence-corrected chi connectivity index (χ3v) is 4.63. The fourth-order valence-corrected chi connectivity index (χ4v) is 3.15. The average molecular weight is 313 g/mol. The Kier molecular flexibility index (Phi) is 4.62. The molecule has 1 fully saturated rings. The van der Waals surface area contributed by atoms with Crippen molar-refractivity contribution in [1.82, 2.24) is 9.88 Å². The van der Waals surface area contributed by atoms with Gasteiger partial charge in [0.05, 0.1) is 12.8 Å². The number of nitrogens with zero attached hydrogens (tertiary/aromatic N) is 2. The second kappa shape index (κ2) is 6.02. The molecule has 0 radical (unpaired) electrons. The molecule has 2 rings (SSSR count). The number of ether oxygens (including phenoxy) is 1. The molecule has 0 spiro atoms. The first-order valence-corrected chi connectivity index (χ1v) is 7.55. The van der Waals surface area contributed by atoms with Gasteiger partial charge >= 0.3 is 0 Å². The van der Waals surface area contributed by atoms with Crippen molar-refractivity contribution in [2.24, 2.45) is 5.92 Å². The highest BCUT2D eigenvalue weighted by Gasteiger charge is 2.22. The van der Waals surface area contributed by atoms with Crippen LogP contribution in [0.15, 0.2) is 6.20 Å². The molecule has 4 heteroatoms. The zero-order valence-corrected chi connectivity index (χ0v) is 13.0. The summed E-state index contributed by atoms with van der Waals surface area (Å²) < 4.78 is 5.46. The molecule has 1 aliphatic rings. The lowest BCUT2D eigenvalue weighted by atomic mass is 10.1. The molecule has 1 aliphatic heterocycles. The summed E-state index contributed by atoms with van der Waals surface area (Å²) in [4.78, 5) is 7.05. The molecule has 2 heterocycles. The molecular formula is C14H21BrN2O. The van der Waals surface area contributed by atoms with Crippen molar-refractivity contribution >= 4 is 15.9 Å². The van der Waals surface area contributed by atoms with Crippen molar-refractivity contribution in [3.8, 4) is 5.75 Å². The topological polar surface area (TPSA) is 25.4 Å². The molecule has 0 aliphatic carbocycles. The summed E-state index contributed by atoms with van der Waals surface area (Å²) in [5, 5.41) is 1.10. The van der Waals surface area contributed by atoms with E-state index in [1.54, 1.807) is 7.11 Å². The monoisotopic (exact) mass is 312 g/mol. The maximum absolute atomic E-state index is 5.46. The van der Waals surface area contributed by atoms with Crippen LogP contribution < -0.4 is 4.74 Å². The van der Waals surface area contributed by atoms with E-state index in [0.29, 0.717) is 0 Å². The van der Waals surface area contributed by atoms with Gasteiger partial charge in [0.15, 0.2) is 0 Å². The lowest BCUT2D eigenvalue weighted by molar-refractivity contribution is 0.315. The SMILES string of the molecule is COc1c(C)cnc(CN2CCC(CBr)C2)c1C. The Morgan fingerprint density at radius 3 is 2.89 bits per heavy atom. The molecule has 0 bridgehead atoms. The van der Waals surface area contributed by atoms with Crippen LogP contribution in [0.2, 0.25) is 0 Å². The van der Waals surface area contributed by atoms with E-state index in [-0.39, 0.29) is 0 Å². The highest BCUT2D eigenvalue weighted by Crippen LogP contribution is 2.26. The molecule has 0 amide bonds. The van der Waals surface area contributed by atoms with Crippen LogP contribution in [0.3, 0.4) is 0 Å². The predicted molar refractivity (Wildman–Crippen MR) is 77.4 cm³/mol. The van der Waals surface area contributed by atoms with Gasteiger partial charge in [0.25, 0.3) is 0 Å². The van der Waals surface area contributed by atoms with Crippen LogP contribution in [0.1, 0.15) is 23.2 Å². The van der Waals surface area contributed by atoms with E-state index < -0.39 is 0 Å². The Labute approximate surface area is 118 Å². The Morgan fingerprint density at radius 1 is 1.50 bits per heavy atom. The quantitative estimate of drug-likeness (QED) is 0.799. The maximum Gasteiger partial charge on any atom is 0.128 e. The minimum absolute atomic E-state index is 0.789. The van der Waals surface area contributed by atoms with E-state index >= 15 is 0 Å². The van der Waals surface area contributed by atoms with Crippen molar-refractivity contribution in [3.63, 3.8) is 0 Å². The lowest BCUT2D eigenvalue weighted by Gasteiger charge is -2.18. The number of halogens is 1. The highest BCUT2D eigenvalue weighted by molar-refractivity contribution is 9.09. The zero-order chi connectivity index (χ0) is 13.1. The fraction of sp³-hybridized carbons (Fsp3) is 0.643. The number of pyridine rings is 1. The third kappa shape index (κ3) is 2.86. The van der Waals surface area contributed by atoms with E-state index in [1.807, 2.05) is 13.1 Å². The van der Waals surface area contributed by atoms with Gasteiger partial charge in [-0.05, 0) is 32.7 Å². The maximum atomic E-state index is 5.46. The summed E-state index contributed by atoms with van der Waals surface area (Å²) in [5.41, 5.74) is 3.44. The van der Waals surface area contributed by atoms with Gasteiger partial charge in [0.2, 0.25) is 0 Å². The summed E-state index contributed by atoms with van der Waals surface area (Å²) in [6, 6.07) is 0. The van der Waals surface area contributed by atoms with E-state index in [0.717, 1.165) is 34.8 Å². The van der Waals surface area contributed by atoms with Crippen LogP contribution >= 0.6 is 15.9 Å². The number of aryl methyl sites for hydroxylation is 1. The highest BCUT2D eigenvalue weighted by atomic mass is 79.9. The summed E-state index contributed by atoms with van der Waals surface area (Å²) in [7, 11) is 1.73. The van der Waals surface area contributed by atoms with Gasteiger partial charge < -0.3 is 4.74 Å². The first-order chi connectivity index (χ1) is 8.65. The predicted octanol–water partition coefficient (Wildman–Crippen LogP) is 2.92. The van der Waals surface area contributed by atoms with Gasteiger partial charge in [0, 0.05) is 35.7 Å². The molecule has 3 nitrogen and oxygen atoms in total. The Bertz CT molecular complexity index is 423. The first kappa shape index (κ1) is 13.8. The molecule has 1 unspecified atom stereocenters. The summed E-state index contributed by atoms with van der Waals surface area (Å²) in [5.74, 6) is 1.77. The number of methoxy groups -OCH3 is 1. The first-order valence-electron chi connectivity index (χ1n) is 6.43. The van der Waals surface area contributed by atoms with Crippen molar-refractivity contribution in [2.75, 3.05) is 25.5 Å². The molecule has 18 heavy (non-hydrogen) atoms. The van der Waals surface area contributed by atoms with Gasteiger partial charge in [-0.15, -0.1) is 0 Å². The Balaban J connectivity index is 2.10. The molecule has 0 saturated carbocycles. The molecule has 100 valence electrons. The molecule has 1 saturated heterocycles. The van der Waals surface area contributed by atoms with Crippen LogP contribution in [-0.2, 0) is 6.54 Å². The Hall–Kier alpha value is -0.610. The van der Waals surface area contributed by atoms with Crippen LogP contribution in [-0.4, -0.2) is 35.4 Å². The van der Waals surface area contributed by atoms with Crippen molar-refractivity contribution in [3.05, 3.63) is 23.0 Å². The third-order valence-electron chi connectivity index (χ3n) is 3.71. The smallest absolute Gasteiger partial charge is 0.128 e. The number of rotatable bonds is 4. The van der Waals surface area contributed by atoms with Gasteiger partial charge in [-0.2, -0.15) is 0 Å². The van der Waals surface area contributed by atoms with Crippen molar-refractivity contribution in [2.45, 2.75) is 26.8 Å². The number of hydrogen-bond donors (Lipinski definition) is 0. The lowest BCUT2D eigenvalue weighted by Crippen LogP contribution is -2.22. The van der Waals surface area contributed by atoms with Gasteiger partial charge in [-0.1, -0.05) is 15.9 Å². The Morgan fingerprint density at radius 2 is 2.28 bits per heavy atom. The largest absolute Gasteiger partial charge is 0.496 e. The van der Waals surface area contributed by atoms with Gasteiger partial charge in [-0.3, -0.25) is 9.88 Å². The van der Waals surface area contributed by atoms with Crippen LogP contribution in [0.5, 0.6) is 5.75 Å². The summed E-state index contributed by atoms with van der Waals surface area (Å²) >= 11 is 3.57. The van der Waals surface area contributed by atoms with Crippen LogP contribution in [0, 0.1) is 19.8 Å². The second-order valence-electron chi connectivity index (χ2n) is 5.09. The van der Waals surface area contributed by atoms with E-state index in [4.69, 9.17) is 4.74 Å². The minimum Gasteiger partial charge on any atom is -0.496 e. The number of aromatic nitrogens is 1. The molecule has 0 aromatic carbocycles. The van der Waals surface area contributed by atoms with E-state index in [1.165, 1.54) is 25.1 Å². The molecular weight excluding hydrogens is 292 g/mol. The van der Waals surface area contributed by atoms with Gasteiger partial charge in [-0.25, -0.2) is 0 Å². The molecule has 0 N–H and O–H groups in total. The fourth-order valence-electron chi connectivity index (χ4n) is 2.62. The number of hydrogen-bond acceptors (Lipinski definition) is 3. The standard InChI is InChI=1S/C14H21BrN2O/c1-10-7-16-13(11(2)14(10)18-3)9-17-5-4-12(6-15)8-17/h7,12H,4-6,8-9H2,1-3H3. The van der Waals surface area contributed by atoms with Crippen LogP contribution in [0.4, 0.5) is 0 Å². The molecule has 1 atom stereocenters. The zero-order valence-electron chi connectivity index (χ0n) is 11.4. The van der Waals surface area contributed by atoms with E-state index in [2.05, 4.69) is 32.7 Å². The minimum atomic E-state index is 0.789.